The molecule has 0 N–H and O–H groups in total. The van der Waals surface area contributed by atoms with Gasteiger partial charge in [-0.15, -0.1) is 21.5 Å². The fourth-order valence-corrected chi connectivity index (χ4v) is 4.32. The summed E-state index contributed by atoms with van der Waals surface area (Å²) in [5.41, 5.74) is 1.18. The van der Waals surface area contributed by atoms with Gasteiger partial charge in [-0.3, -0.25) is 4.90 Å². The molecule has 1 saturated carbocycles. The van der Waals surface area contributed by atoms with Crippen LogP contribution in [-0.4, -0.2) is 39.3 Å². The third-order valence-corrected chi connectivity index (χ3v) is 5.85. The van der Waals surface area contributed by atoms with Crippen LogP contribution in [0, 0.1) is 12.8 Å². The Bertz CT molecular complexity index is 697. The van der Waals surface area contributed by atoms with Crippen LogP contribution >= 0.6 is 11.3 Å². The van der Waals surface area contributed by atoms with Gasteiger partial charge in [0.15, 0.2) is 0 Å². The van der Waals surface area contributed by atoms with Crippen molar-refractivity contribution >= 4 is 11.3 Å². The number of aryl methyl sites for hydroxylation is 1. The number of likely N-dealkylation sites (tertiary alicyclic amines) is 1. The van der Waals surface area contributed by atoms with Gasteiger partial charge in [0.2, 0.25) is 11.8 Å². The second kappa shape index (κ2) is 5.36. The van der Waals surface area contributed by atoms with Crippen LogP contribution in [0.4, 0.5) is 0 Å². The number of hydrogen-bond donors (Lipinski definition) is 0. The van der Waals surface area contributed by atoms with Gasteiger partial charge in [-0.25, -0.2) is 4.98 Å². The molecular formula is C16H20N4O2S. The molecule has 5 rings (SSSR count). The monoisotopic (exact) mass is 332 g/mol. The van der Waals surface area contributed by atoms with E-state index in [1.165, 1.54) is 18.5 Å². The number of nitrogens with zero attached hydrogens (tertiary/aromatic N) is 4. The lowest BCUT2D eigenvalue weighted by Gasteiger charge is -2.16. The van der Waals surface area contributed by atoms with Crippen molar-refractivity contribution in [3.8, 4) is 0 Å². The van der Waals surface area contributed by atoms with Crippen molar-refractivity contribution in [2.24, 2.45) is 5.92 Å². The number of thiazole rings is 1. The lowest BCUT2D eigenvalue weighted by atomic mass is 10.0. The zero-order chi connectivity index (χ0) is 15.4. The number of aromatic nitrogens is 3. The van der Waals surface area contributed by atoms with Gasteiger partial charge in [-0.2, -0.15) is 0 Å². The van der Waals surface area contributed by atoms with Gasteiger partial charge in [0.25, 0.3) is 0 Å². The molecule has 7 heteroatoms. The Morgan fingerprint density at radius 2 is 2.13 bits per heavy atom. The smallest absolute Gasteiger partial charge is 0.245 e. The van der Waals surface area contributed by atoms with Crippen LogP contribution in [0.1, 0.15) is 53.8 Å². The van der Waals surface area contributed by atoms with Gasteiger partial charge < -0.3 is 9.15 Å². The topological polar surface area (TPSA) is 64.3 Å². The Hall–Kier alpha value is -1.31. The van der Waals surface area contributed by atoms with Crippen molar-refractivity contribution in [2.45, 2.75) is 50.9 Å². The third kappa shape index (κ3) is 2.70. The Labute approximate surface area is 138 Å². The highest BCUT2D eigenvalue weighted by Crippen LogP contribution is 2.43. The van der Waals surface area contributed by atoms with E-state index in [4.69, 9.17) is 9.15 Å². The molecule has 4 heterocycles. The summed E-state index contributed by atoms with van der Waals surface area (Å²) in [6.07, 6.45) is 3.64. The van der Waals surface area contributed by atoms with E-state index < -0.39 is 0 Å². The molecule has 0 amide bonds. The highest BCUT2D eigenvalue weighted by Gasteiger charge is 2.44. The molecule has 0 radical (unpaired) electrons. The van der Waals surface area contributed by atoms with E-state index in [-0.39, 0.29) is 12.2 Å². The highest BCUT2D eigenvalue weighted by molar-refractivity contribution is 7.09. The number of ether oxygens (including phenoxy) is 1. The lowest BCUT2D eigenvalue weighted by molar-refractivity contribution is 0.0222. The summed E-state index contributed by atoms with van der Waals surface area (Å²) in [5.74, 6) is 2.56. The fraction of sp³-hybridized carbons (Fsp3) is 0.688. The molecule has 2 aliphatic heterocycles. The molecule has 6 nitrogen and oxygen atoms in total. The molecule has 0 unspecified atom stereocenters. The maximum Gasteiger partial charge on any atom is 0.245 e. The van der Waals surface area contributed by atoms with Crippen LogP contribution in [0.15, 0.2) is 9.80 Å². The van der Waals surface area contributed by atoms with Gasteiger partial charge in [0, 0.05) is 36.9 Å². The number of fused-ring (bicyclic) bond motifs is 1. The molecule has 0 spiro atoms. The summed E-state index contributed by atoms with van der Waals surface area (Å²) in [7, 11) is 0. The highest BCUT2D eigenvalue weighted by atomic mass is 32.1. The molecule has 0 aromatic carbocycles. The molecule has 1 aliphatic carbocycles. The van der Waals surface area contributed by atoms with Gasteiger partial charge in [-0.1, -0.05) is 0 Å². The third-order valence-electron chi connectivity index (χ3n) is 5.02. The summed E-state index contributed by atoms with van der Waals surface area (Å²) in [5, 5.41) is 11.7. The summed E-state index contributed by atoms with van der Waals surface area (Å²) in [4.78, 5) is 7.01. The van der Waals surface area contributed by atoms with Gasteiger partial charge in [0.1, 0.15) is 6.10 Å². The second-order valence-electron chi connectivity index (χ2n) is 6.96. The second-order valence-corrected chi connectivity index (χ2v) is 8.03. The first-order chi connectivity index (χ1) is 11.2. The van der Waals surface area contributed by atoms with Crippen molar-refractivity contribution in [3.63, 3.8) is 0 Å². The van der Waals surface area contributed by atoms with Crippen LogP contribution in [-0.2, 0) is 11.3 Å². The quantitative estimate of drug-likeness (QED) is 0.858. The molecule has 2 aromatic heterocycles. The summed E-state index contributed by atoms with van der Waals surface area (Å²) in [6, 6.07) is 0. The molecule has 2 saturated heterocycles. The van der Waals surface area contributed by atoms with E-state index in [0.717, 1.165) is 37.0 Å². The van der Waals surface area contributed by atoms with E-state index in [1.54, 1.807) is 11.3 Å². The number of rotatable bonds is 4. The Balaban J connectivity index is 1.20. The first kappa shape index (κ1) is 14.1. The molecule has 3 atom stereocenters. The Morgan fingerprint density at radius 1 is 1.26 bits per heavy atom. The molecule has 122 valence electrons. The van der Waals surface area contributed by atoms with Crippen LogP contribution in [0.2, 0.25) is 0 Å². The minimum Gasteiger partial charge on any atom is -0.422 e. The molecule has 3 fully saturated rings. The van der Waals surface area contributed by atoms with E-state index in [2.05, 4.69) is 32.4 Å². The predicted octanol–water partition coefficient (Wildman–Crippen LogP) is 2.67. The van der Waals surface area contributed by atoms with E-state index in [1.807, 2.05) is 0 Å². The van der Waals surface area contributed by atoms with Gasteiger partial charge >= 0.3 is 0 Å². The standard InChI is InChI=1S/C16H20N4O2S/c1-9-17-12(8-23-9)6-20-5-11-4-13(21-14(11)7-20)16-19-18-15(22-16)10-2-3-10/h8,10-11,13-14H,2-7H2,1H3/t11-,13-,14+/m0/s1. The summed E-state index contributed by atoms with van der Waals surface area (Å²) >= 11 is 1.72. The van der Waals surface area contributed by atoms with Gasteiger partial charge in [0.05, 0.1) is 16.8 Å². The van der Waals surface area contributed by atoms with Crippen LogP contribution in [0.25, 0.3) is 0 Å². The van der Waals surface area contributed by atoms with Crippen LogP contribution in [0.5, 0.6) is 0 Å². The first-order valence-electron chi connectivity index (χ1n) is 8.36. The Kier molecular flexibility index (Phi) is 3.28. The average Bonchev–Trinajstić information content (AvgIpc) is 2.90. The lowest BCUT2D eigenvalue weighted by Crippen LogP contribution is -2.23. The van der Waals surface area contributed by atoms with Crippen molar-refractivity contribution in [2.75, 3.05) is 13.1 Å². The minimum absolute atomic E-state index is 0.00586. The zero-order valence-corrected chi connectivity index (χ0v) is 14.0. The molecule has 0 bridgehead atoms. The van der Waals surface area contributed by atoms with E-state index in [0.29, 0.717) is 17.7 Å². The van der Waals surface area contributed by atoms with Crippen molar-refractivity contribution in [1.29, 1.82) is 0 Å². The van der Waals surface area contributed by atoms with Crippen molar-refractivity contribution < 1.29 is 9.15 Å². The summed E-state index contributed by atoms with van der Waals surface area (Å²) < 4.78 is 12.0. The minimum atomic E-state index is -0.00586. The van der Waals surface area contributed by atoms with Gasteiger partial charge in [-0.05, 0) is 26.2 Å². The largest absolute Gasteiger partial charge is 0.422 e. The maximum absolute atomic E-state index is 6.20. The summed E-state index contributed by atoms with van der Waals surface area (Å²) in [6.45, 7) is 5.03. The molecular weight excluding hydrogens is 312 g/mol. The fourth-order valence-electron chi connectivity index (χ4n) is 3.72. The molecule has 2 aromatic rings. The predicted molar refractivity (Wildman–Crippen MR) is 84.1 cm³/mol. The van der Waals surface area contributed by atoms with Crippen LogP contribution in [0.3, 0.4) is 0 Å². The van der Waals surface area contributed by atoms with Crippen molar-refractivity contribution in [1.82, 2.24) is 20.1 Å². The normalized spacial score (nSPS) is 30.9. The SMILES string of the molecule is Cc1nc(CN2C[C@@H]3C[C@@H](c4nnc(C5CC5)o4)O[C@@H]3C2)cs1. The first-order valence-corrected chi connectivity index (χ1v) is 9.24. The van der Waals surface area contributed by atoms with Crippen LogP contribution < -0.4 is 0 Å². The Morgan fingerprint density at radius 3 is 2.87 bits per heavy atom. The molecule has 23 heavy (non-hydrogen) atoms. The van der Waals surface area contributed by atoms with E-state index in [9.17, 15) is 0 Å². The zero-order valence-electron chi connectivity index (χ0n) is 13.1. The van der Waals surface area contributed by atoms with Crippen molar-refractivity contribution in [3.05, 3.63) is 27.9 Å². The molecule has 3 aliphatic rings. The number of hydrogen-bond acceptors (Lipinski definition) is 7. The average molecular weight is 332 g/mol. The van der Waals surface area contributed by atoms with E-state index >= 15 is 0 Å². The maximum atomic E-state index is 6.20.